The van der Waals surface area contributed by atoms with Crippen molar-refractivity contribution in [2.45, 2.75) is 32.7 Å². The van der Waals surface area contributed by atoms with Crippen molar-refractivity contribution in [2.24, 2.45) is 12.5 Å². The van der Waals surface area contributed by atoms with E-state index < -0.39 is 0 Å². The SMILES string of the molecule is CCc1cccc(NC(=O)N2CCC3(CC2)COCCN(Cc2cccn2C)C3)c1. The fourth-order valence-corrected chi connectivity index (χ4v) is 4.66. The molecular formula is C24H34N4O2. The highest BCUT2D eigenvalue weighted by Gasteiger charge is 2.39. The Morgan fingerprint density at radius 1 is 1.17 bits per heavy atom. The molecule has 2 amide bonds. The number of rotatable bonds is 4. The van der Waals surface area contributed by atoms with E-state index in [1.807, 2.05) is 17.0 Å². The van der Waals surface area contributed by atoms with Crippen molar-refractivity contribution >= 4 is 11.7 Å². The molecule has 0 saturated carbocycles. The summed E-state index contributed by atoms with van der Waals surface area (Å²) in [7, 11) is 2.10. The summed E-state index contributed by atoms with van der Waals surface area (Å²) in [6.45, 7) is 8.21. The van der Waals surface area contributed by atoms with Gasteiger partial charge in [-0.15, -0.1) is 0 Å². The lowest BCUT2D eigenvalue weighted by Crippen LogP contribution is -2.49. The predicted molar refractivity (Wildman–Crippen MR) is 120 cm³/mol. The molecule has 6 heteroatoms. The van der Waals surface area contributed by atoms with Crippen molar-refractivity contribution in [1.29, 1.82) is 0 Å². The van der Waals surface area contributed by atoms with Gasteiger partial charge in [0.1, 0.15) is 0 Å². The number of aryl methyl sites for hydroxylation is 2. The Bertz CT molecular complexity index is 854. The number of likely N-dealkylation sites (tertiary alicyclic amines) is 1. The first kappa shape index (κ1) is 20.9. The molecule has 4 rings (SSSR count). The Labute approximate surface area is 179 Å². The molecule has 2 saturated heterocycles. The Morgan fingerprint density at radius 3 is 2.73 bits per heavy atom. The number of hydrogen-bond donors (Lipinski definition) is 1. The van der Waals surface area contributed by atoms with Crippen molar-refractivity contribution < 1.29 is 9.53 Å². The van der Waals surface area contributed by atoms with Gasteiger partial charge in [0.2, 0.25) is 0 Å². The molecule has 1 aromatic carbocycles. The molecule has 1 spiro atoms. The smallest absolute Gasteiger partial charge is 0.321 e. The van der Waals surface area contributed by atoms with Crippen LogP contribution in [0.15, 0.2) is 42.6 Å². The van der Waals surface area contributed by atoms with Crippen molar-refractivity contribution in [3.63, 3.8) is 0 Å². The van der Waals surface area contributed by atoms with Crippen LogP contribution in [0.2, 0.25) is 0 Å². The topological polar surface area (TPSA) is 49.7 Å². The number of amides is 2. The molecule has 0 unspecified atom stereocenters. The molecule has 0 radical (unpaired) electrons. The number of nitrogens with zero attached hydrogens (tertiary/aromatic N) is 3. The van der Waals surface area contributed by atoms with E-state index in [4.69, 9.17) is 4.74 Å². The summed E-state index contributed by atoms with van der Waals surface area (Å²) >= 11 is 0. The van der Waals surface area contributed by atoms with Crippen molar-refractivity contribution in [3.8, 4) is 0 Å². The average Bonchev–Trinajstić information content (AvgIpc) is 3.05. The van der Waals surface area contributed by atoms with Crippen LogP contribution in [0.25, 0.3) is 0 Å². The number of piperidine rings is 1. The molecule has 30 heavy (non-hydrogen) atoms. The van der Waals surface area contributed by atoms with Gasteiger partial charge in [0.25, 0.3) is 0 Å². The third-order valence-corrected chi connectivity index (χ3v) is 6.65. The van der Waals surface area contributed by atoms with Crippen molar-refractivity contribution in [2.75, 3.05) is 44.7 Å². The number of hydrogen-bond acceptors (Lipinski definition) is 3. The second-order valence-corrected chi connectivity index (χ2v) is 8.84. The Balaban J connectivity index is 1.34. The molecule has 3 heterocycles. The van der Waals surface area contributed by atoms with Crippen LogP contribution >= 0.6 is 0 Å². The number of benzene rings is 1. The van der Waals surface area contributed by atoms with Crippen LogP contribution in [0.3, 0.4) is 0 Å². The van der Waals surface area contributed by atoms with Gasteiger partial charge in [0.05, 0.1) is 13.2 Å². The number of carbonyl (C=O) groups is 1. The maximum Gasteiger partial charge on any atom is 0.321 e. The number of carbonyl (C=O) groups excluding carboxylic acids is 1. The molecule has 2 aliphatic rings. The van der Waals surface area contributed by atoms with E-state index in [9.17, 15) is 4.79 Å². The highest BCUT2D eigenvalue weighted by molar-refractivity contribution is 5.89. The van der Waals surface area contributed by atoms with Gasteiger partial charge < -0.3 is 19.5 Å². The van der Waals surface area contributed by atoms with E-state index in [1.165, 1.54) is 11.3 Å². The third kappa shape index (κ3) is 4.87. The fourth-order valence-electron chi connectivity index (χ4n) is 4.66. The maximum atomic E-state index is 12.8. The quantitative estimate of drug-likeness (QED) is 0.836. The Hall–Kier alpha value is -2.31. The van der Waals surface area contributed by atoms with Crippen molar-refractivity contribution in [1.82, 2.24) is 14.4 Å². The molecule has 2 aromatic rings. The molecule has 0 aliphatic carbocycles. The second kappa shape index (κ2) is 9.23. The first-order valence-electron chi connectivity index (χ1n) is 11.1. The zero-order valence-corrected chi connectivity index (χ0v) is 18.3. The van der Waals surface area contributed by atoms with E-state index in [-0.39, 0.29) is 11.4 Å². The van der Waals surface area contributed by atoms with E-state index >= 15 is 0 Å². The molecule has 0 bridgehead atoms. The van der Waals surface area contributed by atoms with Crippen LogP contribution in [-0.2, 0) is 24.8 Å². The van der Waals surface area contributed by atoms with Gasteiger partial charge in [0.15, 0.2) is 0 Å². The highest BCUT2D eigenvalue weighted by atomic mass is 16.5. The van der Waals surface area contributed by atoms with Crippen LogP contribution in [0.1, 0.15) is 31.0 Å². The molecule has 162 valence electrons. The molecule has 1 N–H and O–H groups in total. The summed E-state index contributed by atoms with van der Waals surface area (Å²) in [6.07, 6.45) is 5.04. The minimum absolute atomic E-state index is 0.00769. The monoisotopic (exact) mass is 410 g/mol. The summed E-state index contributed by atoms with van der Waals surface area (Å²) in [6, 6.07) is 12.4. The van der Waals surface area contributed by atoms with Crippen LogP contribution in [-0.4, -0.2) is 59.8 Å². The van der Waals surface area contributed by atoms with Gasteiger partial charge in [-0.2, -0.15) is 0 Å². The minimum Gasteiger partial charge on any atom is -0.379 e. The van der Waals surface area contributed by atoms with Crippen LogP contribution in [0.5, 0.6) is 0 Å². The first-order valence-corrected chi connectivity index (χ1v) is 11.1. The number of anilines is 1. The zero-order chi connectivity index (χ0) is 21.0. The maximum absolute atomic E-state index is 12.8. The standard InChI is InChI=1S/C24H34N4O2/c1-3-20-6-4-7-21(16-20)25-23(29)28-12-9-24(10-13-28)18-27(14-15-30-19-24)17-22-8-5-11-26(22)2/h4-8,11,16H,3,9-10,12-15,17-19H2,1-2H3,(H,25,29). The molecule has 2 fully saturated rings. The number of urea groups is 1. The van der Waals surface area contributed by atoms with E-state index in [1.54, 1.807) is 0 Å². The molecule has 6 nitrogen and oxygen atoms in total. The lowest BCUT2D eigenvalue weighted by Gasteiger charge is -2.42. The highest BCUT2D eigenvalue weighted by Crippen LogP contribution is 2.35. The molecule has 0 atom stereocenters. The summed E-state index contributed by atoms with van der Waals surface area (Å²) in [4.78, 5) is 17.3. The summed E-state index contributed by atoms with van der Waals surface area (Å²) in [5.41, 5.74) is 3.59. The fraction of sp³-hybridized carbons (Fsp3) is 0.542. The van der Waals surface area contributed by atoms with Crippen molar-refractivity contribution in [3.05, 3.63) is 53.9 Å². The predicted octanol–water partition coefficient (Wildman–Crippen LogP) is 3.73. The Morgan fingerprint density at radius 2 is 2.00 bits per heavy atom. The second-order valence-electron chi connectivity index (χ2n) is 8.84. The van der Waals surface area contributed by atoms with Gasteiger partial charge in [-0.1, -0.05) is 19.1 Å². The van der Waals surface area contributed by atoms with Crippen LogP contribution in [0, 0.1) is 5.41 Å². The first-order chi connectivity index (χ1) is 14.6. The largest absolute Gasteiger partial charge is 0.379 e. The van der Waals surface area contributed by atoms with Gasteiger partial charge in [-0.25, -0.2) is 4.79 Å². The van der Waals surface area contributed by atoms with Gasteiger partial charge in [-0.05, 0) is 49.1 Å². The summed E-state index contributed by atoms with van der Waals surface area (Å²) < 4.78 is 8.21. The Kier molecular flexibility index (Phi) is 6.44. The van der Waals surface area contributed by atoms with Gasteiger partial charge in [0, 0.05) is 62.8 Å². The molecule has 1 aromatic heterocycles. The lowest BCUT2D eigenvalue weighted by atomic mass is 9.78. The van der Waals surface area contributed by atoms with Gasteiger partial charge in [-0.3, -0.25) is 4.90 Å². The number of nitrogens with one attached hydrogen (secondary N) is 1. The minimum atomic E-state index is 0.00769. The van der Waals surface area contributed by atoms with E-state index in [0.717, 1.165) is 70.9 Å². The lowest BCUT2D eigenvalue weighted by molar-refractivity contribution is 0.0241. The van der Waals surface area contributed by atoms with Crippen LogP contribution in [0.4, 0.5) is 10.5 Å². The number of aromatic nitrogens is 1. The van der Waals surface area contributed by atoms with E-state index in [0.29, 0.717) is 0 Å². The van der Waals surface area contributed by atoms with E-state index in [2.05, 4.69) is 59.2 Å². The molecule has 2 aliphatic heterocycles. The summed E-state index contributed by atoms with van der Waals surface area (Å²) in [5, 5.41) is 3.08. The zero-order valence-electron chi connectivity index (χ0n) is 18.3. The van der Waals surface area contributed by atoms with Crippen LogP contribution < -0.4 is 5.32 Å². The normalized spacial score (nSPS) is 19.6. The third-order valence-electron chi connectivity index (χ3n) is 6.65. The summed E-state index contributed by atoms with van der Waals surface area (Å²) in [5.74, 6) is 0. The number of ether oxygens (including phenoxy) is 1. The molecular weight excluding hydrogens is 376 g/mol. The average molecular weight is 411 g/mol. The van der Waals surface area contributed by atoms with Gasteiger partial charge >= 0.3 is 6.03 Å².